The summed E-state index contributed by atoms with van der Waals surface area (Å²) >= 11 is 5.71. The normalized spacial score (nSPS) is 17.3. The molecule has 0 spiro atoms. The van der Waals surface area contributed by atoms with Crippen molar-refractivity contribution in [1.29, 1.82) is 0 Å². The topological polar surface area (TPSA) is 41.1 Å². The van der Waals surface area contributed by atoms with E-state index in [-0.39, 0.29) is 0 Å². The molecule has 1 aromatic rings. The third-order valence-corrected chi connectivity index (χ3v) is 2.98. The largest absolute Gasteiger partial charge is 0.353 e. The van der Waals surface area contributed by atoms with Crippen LogP contribution in [0.5, 0.6) is 0 Å². The monoisotopic (exact) mass is 240 g/mol. The number of aromatic nitrogens is 2. The third kappa shape index (κ3) is 3.61. The van der Waals surface area contributed by atoms with Gasteiger partial charge in [0, 0.05) is 13.1 Å². The lowest BCUT2D eigenvalue weighted by molar-refractivity contribution is 0.237. The Morgan fingerprint density at radius 1 is 1.19 bits per heavy atom. The molecule has 5 heteroatoms. The van der Waals surface area contributed by atoms with Crippen molar-refractivity contribution >= 4 is 17.5 Å². The number of halogens is 1. The van der Waals surface area contributed by atoms with E-state index in [2.05, 4.69) is 20.2 Å². The number of anilines is 1. The Morgan fingerprint density at radius 3 is 2.56 bits per heavy atom. The molecule has 2 rings (SSSR count). The molecule has 4 nitrogen and oxygen atoms in total. The van der Waals surface area contributed by atoms with Gasteiger partial charge >= 0.3 is 0 Å². The van der Waals surface area contributed by atoms with Crippen molar-refractivity contribution in [2.75, 3.05) is 31.5 Å². The maximum absolute atomic E-state index is 5.71. The van der Waals surface area contributed by atoms with Crippen molar-refractivity contribution < 1.29 is 0 Å². The van der Waals surface area contributed by atoms with Gasteiger partial charge in [0.1, 0.15) is 0 Å². The number of rotatable bonds is 4. The van der Waals surface area contributed by atoms with Crippen molar-refractivity contribution in [3.8, 4) is 0 Å². The highest BCUT2D eigenvalue weighted by Crippen LogP contribution is 2.08. The van der Waals surface area contributed by atoms with E-state index in [1.165, 1.54) is 32.4 Å². The van der Waals surface area contributed by atoms with Gasteiger partial charge in [-0.15, -0.1) is 0 Å². The molecular weight excluding hydrogens is 224 g/mol. The molecule has 0 aliphatic carbocycles. The van der Waals surface area contributed by atoms with Gasteiger partial charge < -0.3 is 10.2 Å². The van der Waals surface area contributed by atoms with Gasteiger partial charge in [0.2, 0.25) is 5.95 Å². The first kappa shape index (κ1) is 11.6. The van der Waals surface area contributed by atoms with E-state index in [9.17, 15) is 0 Å². The van der Waals surface area contributed by atoms with Crippen LogP contribution in [-0.2, 0) is 0 Å². The van der Waals surface area contributed by atoms with E-state index in [4.69, 9.17) is 11.6 Å². The van der Waals surface area contributed by atoms with Crippen LogP contribution in [0.15, 0.2) is 12.4 Å². The van der Waals surface area contributed by atoms with Gasteiger partial charge in [-0.25, -0.2) is 9.97 Å². The van der Waals surface area contributed by atoms with E-state index in [0.717, 1.165) is 13.1 Å². The van der Waals surface area contributed by atoms with Crippen LogP contribution >= 0.6 is 11.6 Å². The maximum atomic E-state index is 5.71. The van der Waals surface area contributed by atoms with E-state index < -0.39 is 0 Å². The summed E-state index contributed by atoms with van der Waals surface area (Å²) in [7, 11) is 0. The summed E-state index contributed by atoms with van der Waals surface area (Å²) in [6.07, 6.45) is 7.26. The minimum Gasteiger partial charge on any atom is -0.353 e. The van der Waals surface area contributed by atoms with E-state index in [1.807, 2.05) is 0 Å². The number of hydrogen-bond acceptors (Lipinski definition) is 4. The van der Waals surface area contributed by atoms with Gasteiger partial charge in [0.05, 0.1) is 17.4 Å². The average molecular weight is 241 g/mol. The molecule has 2 heterocycles. The molecule has 0 saturated carbocycles. The fourth-order valence-corrected chi connectivity index (χ4v) is 2.01. The Hall–Kier alpha value is -0.870. The first-order valence-electron chi connectivity index (χ1n) is 5.78. The number of nitrogens with one attached hydrogen (secondary N) is 1. The Morgan fingerprint density at radius 2 is 1.88 bits per heavy atom. The minimum atomic E-state index is 0.571. The molecule has 0 bridgehead atoms. The summed E-state index contributed by atoms with van der Waals surface area (Å²) in [4.78, 5) is 10.7. The first-order chi connectivity index (χ1) is 7.84. The molecule has 1 fully saturated rings. The minimum absolute atomic E-state index is 0.571. The smallest absolute Gasteiger partial charge is 0.222 e. The Kier molecular flexibility index (Phi) is 4.36. The third-order valence-electron chi connectivity index (χ3n) is 2.78. The van der Waals surface area contributed by atoms with E-state index in [0.29, 0.717) is 11.0 Å². The zero-order valence-electron chi connectivity index (χ0n) is 9.32. The van der Waals surface area contributed by atoms with Crippen molar-refractivity contribution in [2.24, 2.45) is 0 Å². The van der Waals surface area contributed by atoms with Crippen molar-refractivity contribution in [3.63, 3.8) is 0 Å². The highest BCUT2D eigenvalue weighted by molar-refractivity contribution is 6.30. The zero-order valence-corrected chi connectivity index (χ0v) is 10.1. The standard InChI is InChI=1S/C11H17ClN4/c12-10-8-14-11(15-9-10)13-4-7-16-5-2-1-3-6-16/h8-9H,1-7H2,(H,13,14,15). The quantitative estimate of drug-likeness (QED) is 0.875. The van der Waals surface area contributed by atoms with Crippen LogP contribution in [-0.4, -0.2) is 41.0 Å². The molecule has 1 aliphatic heterocycles. The van der Waals surface area contributed by atoms with Crippen molar-refractivity contribution in [3.05, 3.63) is 17.4 Å². The summed E-state index contributed by atoms with van der Waals surface area (Å²) in [5, 5.41) is 3.77. The second-order valence-corrected chi connectivity index (χ2v) is 4.49. The lowest BCUT2D eigenvalue weighted by atomic mass is 10.1. The number of piperidine rings is 1. The molecule has 0 unspecified atom stereocenters. The number of nitrogens with zero attached hydrogens (tertiary/aromatic N) is 3. The lowest BCUT2D eigenvalue weighted by Gasteiger charge is -2.26. The van der Waals surface area contributed by atoms with Crippen LogP contribution in [0.4, 0.5) is 5.95 Å². The van der Waals surface area contributed by atoms with Gasteiger partial charge in [0.15, 0.2) is 0 Å². The molecule has 1 N–H and O–H groups in total. The SMILES string of the molecule is Clc1cnc(NCCN2CCCCC2)nc1. The molecule has 16 heavy (non-hydrogen) atoms. The van der Waals surface area contributed by atoms with E-state index in [1.54, 1.807) is 12.4 Å². The number of hydrogen-bond donors (Lipinski definition) is 1. The molecule has 0 radical (unpaired) electrons. The summed E-state index contributed by atoms with van der Waals surface area (Å²) in [5.41, 5.74) is 0. The molecule has 0 atom stereocenters. The molecule has 1 aromatic heterocycles. The second-order valence-electron chi connectivity index (χ2n) is 4.05. The lowest BCUT2D eigenvalue weighted by Crippen LogP contribution is -2.33. The van der Waals surface area contributed by atoms with Crippen LogP contribution < -0.4 is 5.32 Å². The highest BCUT2D eigenvalue weighted by Gasteiger charge is 2.08. The Bertz CT molecular complexity index is 308. The second kappa shape index (κ2) is 6.01. The van der Waals surface area contributed by atoms with Gasteiger partial charge in [-0.3, -0.25) is 0 Å². The van der Waals surface area contributed by atoms with E-state index >= 15 is 0 Å². The first-order valence-corrected chi connectivity index (χ1v) is 6.16. The van der Waals surface area contributed by atoms with Gasteiger partial charge in [-0.05, 0) is 25.9 Å². The zero-order chi connectivity index (χ0) is 11.2. The predicted octanol–water partition coefficient (Wildman–Crippen LogP) is 2.03. The van der Waals surface area contributed by atoms with Crippen molar-refractivity contribution in [1.82, 2.24) is 14.9 Å². The molecule has 0 amide bonds. The fraction of sp³-hybridized carbons (Fsp3) is 0.636. The van der Waals surface area contributed by atoms with Gasteiger partial charge in [-0.2, -0.15) is 0 Å². The summed E-state index contributed by atoms with van der Waals surface area (Å²) in [6, 6.07) is 0. The average Bonchev–Trinajstić information content (AvgIpc) is 2.33. The predicted molar refractivity (Wildman–Crippen MR) is 65.8 cm³/mol. The van der Waals surface area contributed by atoms with Crippen LogP contribution in [0.1, 0.15) is 19.3 Å². The Balaban J connectivity index is 1.69. The molecule has 88 valence electrons. The van der Waals surface area contributed by atoms with Crippen LogP contribution in [0.2, 0.25) is 5.02 Å². The van der Waals surface area contributed by atoms with Crippen LogP contribution in [0, 0.1) is 0 Å². The highest BCUT2D eigenvalue weighted by atomic mass is 35.5. The maximum Gasteiger partial charge on any atom is 0.222 e. The van der Waals surface area contributed by atoms with Gasteiger partial charge in [-0.1, -0.05) is 18.0 Å². The van der Waals surface area contributed by atoms with Crippen LogP contribution in [0.3, 0.4) is 0 Å². The summed E-state index contributed by atoms with van der Waals surface area (Å²) < 4.78 is 0. The molecule has 0 aromatic carbocycles. The Labute approximate surface area is 101 Å². The van der Waals surface area contributed by atoms with Crippen molar-refractivity contribution in [2.45, 2.75) is 19.3 Å². The molecule has 1 saturated heterocycles. The summed E-state index contributed by atoms with van der Waals surface area (Å²) in [6.45, 7) is 4.40. The number of likely N-dealkylation sites (tertiary alicyclic amines) is 1. The molecule has 1 aliphatic rings. The van der Waals surface area contributed by atoms with Gasteiger partial charge in [0.25, 0.3) is 0 Å². The fourth-order valence-electron chi connectivity index (χ4n) is 1.91. The summed E-state index contributed by atoms with van der Waals surface area (Å²) in [5.74, 6) is 0.654. The molecular formula is C11H17ClN4. The van der Waals surface area contributed by atoms with Crippen LogP contribution in [0.25, 0.3) is 0 Å².